The molecule has 4 nitrogen and oxygen atoms in total. The number of hydrogen-bond acceptors (Lipinski definition) is 3. The van der Waals surface area contributed by atoms with Gasteiger partial charge in [-0.2, -0.15) is 5.10 Å². The van der Waals surface area contributed by atoms with E-state index in [1.54, 1.807) is 29.5 Å². The van der Waals surface area contributed by atoms with E-state index >= 15 is 0 Å². The Morgan fingerprint density at radius 1 is 1.23 bits per heavy atom. The lowest BCUT2D eigenvalue weighted by atomic mass is 10.0. The number of fused-ring (bicyclic) bond motifs is 1. The second kappa shape index (κ2) is 6.72. The minimum absolute atomic E-state index is 0.144. The van der Waals surface area contributed by atoms with Crippen LogP contribution in [0.5, 0.6) is 0 Å². The molecule has 2 N–H and O–H groups in total. The smallest absolute Gasteiger partial charge is 0.251 e. The molecule has 0 saturated carbocycles. The highest BCUT2D eigenvalue weighted by Gasteiger charge is 2.15. The summed E-state index contributed by atoms with van der Waals surface area (Å²) in [5, 5.41) is 13.0. The normalized spacial score (nSPS) is 11.0. The van der Waals surface area contributed by atoms with E-state index in [0.29, 0.717) is 23.4 Å². The van der Waals surface area contributed by atoms with E-state index in [1.165, 1.54) is 12.1 Å². The molecule has 26 heavy (non-hydrogen) atoms. The molecule has 0 spiro atoms. The molecule has 2 heterocycles. The molecule has 0 saturated heterocycles. The van der Waals surface area contributed by atoms with Gasteiger partial charge in [0.1, 0.15) is 11.5 Å². The number of aryl methyl sites for hydroxylation is 1. The third-order valence-corrected chi connectivity index (χ3v) is 5.11. The number of carbonyl (C=O) groups excluding carboxylic acids is 1. The van der Waals surface area contributed by atoms with Gasteiger partial charge in [0, 0.05) is 21.4 Å². The quantitative estimate of drug-likeness (QED) is 0.552. The van der Waals surface area contributed by atoms with Crippen LogP contribution >= 0.6 is 11.3 Å². The average molecular weight is 365 g/mol. The summed E-state index contributed by atoms with van der Waals surface area (Å²) in [4.78, 5) is 13.7. The van der Waals surface area contributed by atoms with Crippen LogP contribution in [0.25, 0.3) is 22.2 Å². The lowest BCUT2D eigenvalue weighted by Gasteiger charge is -2.06. The molecule has 0 aliphatic rings. The molecular formula is C20H16FN3OS. The van der Waals surface area contributed by atoms with Gasteiger partial charge in [-0.05, 0) is 48.2 Å². The number of nitrogens with zero attached hydrogens (tertiary/aromatic N) is 1. The van der Waals surface area contributed by atoms with Crippen LogP contribution in [0, 0.1) is 12.7 Å². The van der Waals surface area contributed by atoms with E-state index in [9.17, 15) is 9.18 Å². The van der Waals surface area contributed by atoms with Gasteiger partial charge in [0.15, 0.2) is 0 Å². The number of aromatic amines is 1. The first-order chi connectivity index (χ1) is 12.6. The summed E-state index contributed by atoms with van der Waals surface area (Å²) in [6.07, 6.45) is 0. The number of amides is 1. The largest absolute Gasteiger partial charge is 0.347 e. The number of benzene rings is 2. The zero-order valence-electron chi connectivity index (χ0n) is 14.0. The van der Waals surface area contributed by atoms with Crippen molar-refractivity contribution in [2.24, 2.45) is 0 Å². The third-order valence-electron chi connectivity index (χ3n) is 4.23. The lowest BCUT2D eigenvalue weighted by molar-refractivity contribution is 0.0951. The Hall–Kier alpha value is -2.99. The molecular weight excluding hydrogens is 349 g/mol. The van der Waals surface area contributed by atoms with Crippen LogP contribution in [0.1, 0.15) is 20.8 Å². The summed E-state index contributed by atoms with van der Waals surface area (Å²) >= 11 is 1.60. The molecule has 2 aromatic carbocycles. The second-order valence-corrected chi connectivity index (χ2v) is 7.09. The number of carbonyl (C=O) groups is 1. The van der Waals surface area contributed by atoms with Crippen molar-refractivity contribution in [1.82, 2.24) is 15.5 Å². The summed E-state index contributed by atoms with van der Waals surface area (Å²) in [5.74, 6) is -0.463. The van der Waals surface area contributed by atoms with Crippen LogP contribution < -0.4 is 5.32 Å². The molecule has 0 radical (unpaired) electrons. The number of rotatable bonds is 4. The van der Waals surface area contributed by atoms with Crippen LogP contribution in [0.2, 0.25) is 0 Å². The molecule has 1 amide bonds. The Morgan fingerprint density at radius 2 is 2.12 bits per heavy atom. The standard InChI is InChI=1S/C20H16FN3OS/c1-12-8-14(20(25)22-11-16-6-3-7-26-16)10-17-18(12)23-24-19(17)13-4-2-5-15(21)9-13/h2-10H,11H2,1H3,(H,22,25)(H,23,24). The molecule has 0 unspecified atom stereocenters. The third kappa shape index (κ3) is 3.11. The van der Waals surface area contributed by atoms with Crippen LogP contribution in [0.3, 0.4) is 0 Å². The van der Waals surface area contributed by atoms with Gasteiger partial charge < -0.3 is 5.32 Å². The Balaban J connectivity index is 1.70. The van der Waals surface area contributed by atoms with Crippen LogP contribution in [-0.4, -0.2) is 16.1 Å². The monoisotopic (exact) mass is 365 g/mol. The zero-order chi connectivity index (χ0) is 18.1. The number of thiophene rings is 1. The Kier molecular flexibility index (Phi) is 4.26. The minimum Gasteiger partial charge on any atom is -0.347 e. The van der Waals surface area contributed by atoms with E-state index in [2.05, 4.69) is 15.5 Å². The van der Waals surface area contributed by atoms with Crippen molar-refractivity contribution in [3.8, 4) is 11.3 Å². The van der Waals surface area contributed by atoms with Crippen molar-refractivity contribution in [2.45, 2.75) is 13.5 Å². The van der Waals surface area contributed by atoms with Gasteiger partial charge in [-0.25, -0.2) is 4.39 Å². The summed E-state index contributed by atoms with van der Waals surface area (Å²) < 4.78 is 13.6. The molecule has 0 aliphatic heterocycles. The van der Waals surface area contributed by atoms with Gasteiger partial charge in [0.2, 0.25) is 0 Å². The summed E-state index contributed by atoms with van der Waals surface area (Å²) in [6.45, 7) is 2.42. The first-order valence-corrected chi connectivity index (χ1v) is 9.05. The highest BCUT2D eigenvalue weighted by molar-refractivity contribution is 7.09. The van der Waals surface area contributed by atoms with Gasteiger partial charge in [-0.3, -0.25) is 9.89 Å². The molecule has 0 atom stereocenters. The van der Waals surface area contributed by atoms with E-state index < -0.39 is 0 Å². The van der Waals surface area contributed by atoms with Crippen molar-refractivity contribution in [1.29, 1.82) is 0 Å². The van der Waals surface area contributed by atoms with Crippen LogP contribution in [0.15, 0.2) is 53.9 Å². The topological polar surface area (TPSA) is 57.8 Å². The Bertz CT molecular complexity index is 1090. The molecule has 0 bridgehead atoms. The highest BCUT2D eigenvalue weighted by Crippen LogP contribution is 2.29. The zero-order valence-corrected chi connectivity index (χ0v) is 14.9. The number of aromatic nitrogens is 2. The summed E-state index contributed by atoms with van der Waals surface area (Å²) in [7, 11) is 0. The maximum Gasteiger partial charge on any atom is 0.251 e. The van der Waals surface area contributed by atoms with Gasteiger partial charge >= 0.3 is 0 Å². The predicted octanol–water partition coefficient (Wildman–Crippen LogP) is 4.67. The van der Waals surface area contributed by atoms with Crippen molar-refractivity contribution in [3.05, 3.63) is 75.7 Å². The first kappa shape index (κ1) is 16.5. The Labute approximate surface area is 153 Å². The number of hydrogen-bond donors (Lipinski definition) is 2. The fourth-order valence-electron chi connectivity index (χ4n) is 2.96. The maximum absolute atomic E-state index is 13.6. The van der Waals surface area contributed by atoms with Crippen molar-refractivity contribution < 1.29 is 9.18 Å². The Morgan fingerprint density at radius 3 is 2.88 bits per heavy atom. The second-order valence-electron chi connectivity index (χ2n) is 6.06. The fraction of sp³-hybridized carbons (Fsp3) is 0.100. The van der Waals surface area contributed by atoms with Crippen molar-refractivity contribution in [2.75, 3.05) is 0 Å². The molecule has 0 aliphatic carbocycles. The summed E-state index contributed by atoms with van der Waals surface area (Å²) in [5.41, 5.74) is 3.63. The number of nitrogens with one attached hydrogen (secondary N) is 2. The average Bonchev–Trinajstić information content (AvgIpc) is 3.29. The van der Waals surface area contributed by atoms with E-state index in [-0.39, 0.29) is 11.7 Å². The van der Waals surface area contributed by atoms with E-state index in [4.69, 9.17) is 0 Å². The SMILES string of the molecule is Cc1cc(C(=O)NCc2cccs2)cc2c(-c3cccc(F)c3)n[nH]c12. The van der Waals surface area contributed by atoms with Gasteiger partial charge in [-0.1, -0.05) is 18.2 Å². The number of H-pyrrole nitrogens is 1. The van der Waals surface area contributed by atoms with Crippen molar-refractivity contribution >= 4 is 28.1 Å². The molecule has 4 rings (SSSR count). The van der Waals surface area contributed by atoms with Crippen molar-refractivity contribution in [3.63, 3.8) is 0 Å². The fourth-order valence-corrected chi connectivity index (χ4v) is 3.61. The van der Waals surface area contributed by atoms with Gasteiger partial charge in [0.05, 0.1) is 12.1 Å². The van der Waals surface area contributed by atoms with E-state index in [0.717, 1.165) is 21.3 Å². The van der Waals surface area contributed by atoms with Crippen LogP contribution in [-0.2, 0) is 6.54 Å². The van der Waals surface area contributed by atoms with Crippen LogP contribution in [0.4, 0.5) is 4.39 Å². The van der Waals surface area contributed by atoms with Gasteiger partial charge in [-0.15, -0.1) is 11.3 Å². The minimum atomic E-state index is -0.319. The predicted molar refractivity (Wildman–Crippen MR) is 102 cm³/mol. The lowest BCUT2D eigenvalue weighted by Crippen LogP contribution is -2.22. The molecule has 2 aromatic heterocycles. The highest BCUT2D eigenvalue weighted by atomic mass is 32.1. The van der Waals surface area contributed by atoms with E-state index in [1.807, 2.05) is 30.5 Å². The number of halogens is 1. The first-order valence-electron chi connectivity index (χ1n) is 8.17. The molecule has 0 fully saturated rings. The molecule has 6 heteroatoms. The molecule has 130 valence electrons. The molecule has 4 aromatic rings. The summed E-state index contributed by atoms with van der Waals surface area (Å²) in [6, 6.07) is 13.9. The maximum atomic E-state index is 13.6. The van der Waals surface area contributed by atoms with Gasteiger partial charge in [0.25, 0.3) is 5.91 Å².